The van der Waals surface area contributed by atoms with Crippen molar-refractivity contribution >= 4 is 16.8 Å². The van der Waals surface area contributed by atoms with Gasteiger partial charge in [-0.3, -0.25) is 9.89 Å². The fourth-order valence-electron chi connectivity index (χ4n) is 3.78. The predicted octanol–water partition coefficient (Wildman–Crippen LogP) is 1.68. The van der Waals surface area contributed by atoms with Crippen LogP contribution in [0.2, 0.25) is 0 Å². The van der Waals surface area contributed by atoms with Crippen molar-refractivity contribution in [2.75, 3.05) is 13.1 Å². The Balaban J connectivity index is 1.45. The van der Waals surface area contributed by atoms with Gasteiger partial charge in [0.1, 0.15) is 0 Å². The lowest BCUT2D eigenvalue weighted by Crippen LogP contribution is -2.40. The van der Waals surface area contributed by atoms with E-state index >= 15 is 0 Å². The molecule has 1 aliphatic carbocycles. The van der Waals surface area contributed by atoms with Crippen LogP contribution in [0, 0.1) is 11.8 Å². The first kappa shape index (κ1) is 12.8. The van der Waals surface area contributed by atoms with Gasteiger partial charge in [-0.15, -0.1) is 0 Å². The molecule has 5 heteroatoms. The van der Waals surface area contributed by atoms with Gasteiger partial charge in [-0.25, -0.2) is 0 Å². The van der Waals surface area contributed by atoms with Crippen LogP contribution in [0.15, 0.2) is 24.4 Å². The number of nitrogens with zero attached hydrogens (tertiary/aromatic N) is 1. The Morgan fingerprint density at radius 2 is 2.14 bits per heavy atom. The molecular formula is C16H20N4O. The fourth-order valence-corrected chi connectivity index (χ4v) is 3.78. The summed E-state index contributed by atoms with van der Waals surface area (Å²) in [6.45, 7) is 2.26. The maximum Gasteiger partial charge on any atom is 0.251 e. The van der Waals surface area contributed by atoms with Crippen LogP contribution < -0.4 is 10.6 Å². The molecule has 1 saturated carbocycles. The molecule has 1 aromatic carbocycles. The number of hydrogen-bond acceptors (Lipinski definition) is 3. The average molecular weight is 284 g/mol. The van der Waals surface area contributed by atoms with Crippen molar-refractivity contribution in [3.05, 3.63) is 30.0 Å². The highest BCUT2D eigenvalue weighted by Gasteiger charge is 2.34. The Labute approximate surface area is 123 Å². The Hall–Kier alpha value is -1.88. The van der Waals surface area contributed by atoms with Gasteiger partial charge in [-0.2, -0.15) is 5.10 Å². The number of fused-ring (bicyclic) bond motifs is 2. The topological polar surface area (TPSA) is 69.8 Å². The highest BCUT2D eigenvalue weighted by atomic mass is 16.1. The van der Waals surface area contributed by atoms with E-state index in [1.54, 1.807) is 6.20 Å². The third kappa shape index (κ3) is 2.42. The predicted molar refractivity (Wildman–Crippen MR) is 81.0 cm³/mol. The number of hydrogen-bond donors (Lipinski definition) is 3. The van der Waals surface area contributed by atoms with Crippen molar-refractivity contribution in [3.63, 3.8) is 0 Å². The minimum atomic E-state index is 0.0286. The van der Waals surface area contributed by atoms with Crippen LogP contribution in [-0.4, -0.2) is 35.2 Å². The van der Waals surface area contributed by atoms with Crippen LogP contribution in [0.25, 0.3) is 10.9 Å². The molecule has 0 radical (unpaired) electrons. The van der Waals surface area contributed by atoms with E-state index in [1.165, 1.54) is 6.42 Å². The summed E-state index contributed by atoms with van der Waals surface area (Å²) in [4.78, 5) is 12.4. The van der Waals surface area contributed by atoms with Crippen molar-refractivity contribution < 1.29 is 4.79 Å². The second kappa shape index (κ2) is 5.15. The summed E-state index contributed by atoms with van der Waals surface area (Å²) in [6, 6.07) is 6.00. The third-order valence-electron chi connectivity index (χ3n) is 4.99. The standard InChI is InChI=1S/C16H20N4O/c21-16(10-1-2-12-9-18-20-15(12)6-10)19-14-4-3-11-7-17-8-13(11)5-14/h1-2,6,9,11,13-14,17H,3-5,7-8H2,(H,18,20)(H,19,21)/t11-,13+,14?/m0/s1. The van der Waals surface area contributed by atoms with Crippen LogP contribution in [0.1, 0.15) is 29.6 Å². The molecule has 1 saturated heterocycles. The number of carbonyl (C=O) groups excluding carboxylic acids is 1. The largest absolute Gasteiger partial charge is 0.349 e. The lowest BCUT2D eigenvalue weighted by atomic mass is 9.79. The SMILES string of the molecule is O=C(NC1CC[C@H]2CNC[C@H]2C1)c1ccc2cn[nH]c2c1. The number of benzene rings is 1. The second-order valence-electron chi connectivity index (χ2n) is 6.33. The van der Waals surface area contributed by atoms with Crippen molar-refractivity contribution in [1.82, 2.24) is 20.8 Å². The molecule has 2 aliphatic rings. The number of nitrogens with one attached hydrogen (secondary N) is 3. The zero-order valence-electron chi connectivity index (χ0n) is 11.9. The lowest BCUT2D eigenvalue weighted by molar-refractivity contribution is 0.0913. The molecule has 110 valence electrons. The normalized spacial score (nSPS) is 28.5. The molecule has 0 spiro atoms. The maximum absolute atomic E-state index is 12.4. The summed E-state index contributed by atoms with van der Waals surface area (Å²) < 4.78 is 0. The number of amides is 1. The molecule has 1 amide bonds. The van der Waals surface area contributed by atoms with Crippen LogP contribution in [0.5, 0.6) is 0 Å². The molecule has 1 aromatic heterocycles. The van der Waals surface area contributed by atoms with E-state index in [0.717, 1.165) is 48.7 Å². The van der Waals surface area contributed by atoms with E-state index in [4.69, 9.17) is 0 Å². The molecule has 5 nitrogen and oxygen atoms in total. The van der Waals surface area contributed by atoms with Gasteiger partial charge in [0.2, 0.25) is 0 Å². The van der Waals surface area contributed by atoms with Gasteiger partial charge in [-0.1, -0.05) is 6.07 Å². The first-order valence-electron chi connectivity index (χ1n) is 7.74. The number of rotatable bonds is 2. The smallest absolute Gasteiger partial charge is 0.251 e. The van der Waals surface area contributed by atoms with Crippen molar-refractivity contribution in [1.29, 1.82) is 0 Å². The van der Waals surface area contributed by atoms with Crippen LogP contribution in [0.4, 0.5) is 0 Å². The van der Waals surface area contributed by atoms with E-state index in [9.17, 15) is 4.79 Å². The highest BCUT2D eigenvalue weighted by molar-refractivity contribution is 5.97. The molecule has 2 heterocycles. The van der Waals surface area contributed by atoms with Crippen LogP contribution in [0.3, 0.4) is 0 Å². The van der Waals surface area contributed by atoms with Crippen molar-refractivity contribution in [2.45, 2.75) is 25.3 Å². The number of aromatic amines is 1. The first-order valence-corrected chi connectivity index (χ1v) is 7.74. The molecule has 2 aromatic rings. The minimum Gasteiger partial charge on any atom is -0.349 e. The van der Waals surface area contributed by atoms with Gasteiger partial charge in [0.05, 0.1) is 11.7 Å². The summed E-state index contributed by atoms with van der Waals surface area (Å²) in [5, 5.41) is 14.6. The quantitative estimate of drug-likeness (QED) is 0.786. The van der Waals surface area contributed by atoms with Crippen molar-refractivity contribution in [2.24, 2.45) is 11.8 Å². The van der Waals surface area contributed by atoms with E-state index in [0.29, 0.717) is 11.6 Å². The third-order valence-corrected chi connectivity index (χ3v) is 4.99. The molecule has 1 aliphatic heterocycles. The maximum atomic E-state index is 12.4. The van der Waals surface area contributed by atoms with Gasteiger partial charge in [0.15, 0.2) is 0 Å². The lowest BCUT2D eigenvalue weighted by Gasteiger charge is -2.31. The zero-order chi connectivity index (χ0) is 14.2. The molecule has 3 atom stereocenters. The Kier molecular flexibility index (Phi) is 3.15. The fraction of sp³-hybridized carbons (Fsp3) is 0.500. The van der Waals surface area contributed by atoms with Crippen LogP contribution >= 0.6 is 0 Å². The molecule has 4 rings (SSSR count). The van der Waals surface area contributed by atoms with Gasteiger partial charge in [0, 0.05) is 17.0 Å². The van der Waals surface area contributed by atoms with E-state index in [1.807, 2.05) is 18.2 Å². The molecule has 0 bridgehead atoms. The Morgan fingerprint density at radius 1 is 1.24 bits per heavy atom. The molecular weight excluding hydrogens is 264 g/mol. The molecule has 2 fully saturated rings. The monoisotopic (exact) mass is 284 g/mol. The van der Waals surface area contributed by atoms with E-state index in [2.05, 4.69) is 20.8 Å². The average Bonchev–Trinajstić information content (AvgIpc) is 3.14. The minimum absolute atomic E-state index is 0.0286. The second-order valence-corrected chi connectivity index (χ2v) is 6.33. The Bertz CT molecular complexity index is 665. The zero-order valence-corrected chi connectivity index (χ0v) is 11.9. The summed E-state index contributed by atoms with van der Waals surface area (Å²) in [7, 11) is 0. The van der Waals surface area contributed by atoms with E-state index < -0.39 is 0 Å². The van der Waals surface area contributed by atoms with Crippen molar-refractivity contribution in [3.8, 4) is 0 Å². The molecule has 1 unspecified atom stereocenters. The van der Waals surface area contributed by atoms with Crippen LogP contribution in [-0.2, 0) is 0 Å². The van der Waals surface area contributed by atoms with Gasteiger partial charge < -0.3 is 10.6 Å². The molecule has 21 heavy (non-hydrogen) atoms. The number of carbonyl (C=O) groups is 1. The summed E-state index contributed by atoms with van der Waals surface area (Å²) in [5.74, 6) is 1.58. The van der Waals surface area contributed by atoms with E-state index in [-0.39, 0.29) is 5.91 Å². The van der Waals surface area contributed by atoms with Gasteiger partial charge in [0.25, 0.3) is 5.91 Å². The summed E-state index contributed by atoms with van der Waals surface area (Å²) in [5.41, 5.74) is 1.62. The first-order chi connectivity index (χ1) is 10.3. The Morgan fingerprint density at radius 3 is 3.10 bits per heavy atom. The van der Waals surface area contributed by atoms with Gasteiger partial charge in [-0.05, 0) is 56.3 Å². The number of H-pyrrole nitrogens is 1. The molecule has 3 N–H and O–H groups in total. The summed E-state index contributed by atoms with van der Waals surface area (Å²) in [6.07, 6.45) is 5.20. The number of aromatic nitrogens is 2. The van der Waals surface area contributed by atoms with Gasteiger partial charge >= 0.3 is 0 Å². The summed E-state index contributed by atoms with van der Waals surface area (Å²) >= 11 is 0. The highest BCUT2D eigenvalue weighted by Crippen LogP contribution is 2.32.